The second-order valence-electron chi connectivity index (χ2n) is 8.51. The van der Waals surface area contributed by atoms with Gasteiger partial charge in [0.1, 0.15) is 22.5 Å². The Kier molecular flexibility index (Phi) is 9.26. The van der Waals surface area contributed by atoms with Crippen molar-refractivity contribution in [1.82, 2.24) is 15.0 Å². The lowest BCUT2D eigenvalue weighted by molar-refractivity contribution is 0.459. The van der Waals surface area contributed by atoms with E-state index in [9.17, 15) is 5.11 Å². The molecule has 4 nitrogen and oxygen atoms in total. The van der Waals surface area contributed by atoms with Gasteiger partial charge >= 0.3 is 0 Å². The van der Waals surface area contributed by atoms with E-state index in [1.165, 1.54) is 49.8 Å². The van der Waals surface area contributed by atoms with E-state index in [1.54, 1.807) is 4.80 Å². The van der Waals surface area contributed by atoms with E-state index in [0.717, 1.165) is 47.2 Å². The maximum Gasteiger partial charge on any atom is 0.146 e. The van der Waals surface area contributed by atoms with Crippen molar-refractivity contribution in [3.63, 3.8) is 0 Å². The number of unbranched alkanes of at least 4 members (excludes halogenated alkanes) is 7. The minimum Gasteiger partial charge on any atom is -0.505 e. The summed E-state index contributed by atoms with van der Waals surface area (Å²) in [6.45, 7) is 6.49. The molecular formula is C26H37N3OS. The summed E-state index contributed by atoms with van der Waals surface area (Å²) >= 11 is 1.90. The van der Waals surface area contributed by atoms with Crippen LogP contribution in [0.1, 0.15) is 82.8 Å². The zero-order valence-corrected chi connectivity index (χ0v) is 20.2. The van der Waals surface area contributed by atoms with E-state index in [4.69, 9.17) is 0 Å². The third-order valence-corrected chi connectivity index (χ3v) is 6.78. The Hall–Kier alpha value is -2.01. The molecule has 0 aliphatic heterocycles. The van der Waals surface area contributed by atoms with Crippen molar-refractivity contribution in [2.24, 2.45) is 0 Å². The van der Waals surface area contributed by atoms with E-state index >= 15 is 0 Å². The predicted octanol–water partition coefficient (Wildman–Crippen LogP) is 7.62. The highest BCUT2D eigenvalue weighted by molar-refractivity contribution is 7.99. The number of benzene rings is 2. The molecule has 0 radical (unpaired) electrons. The van der Waals surface area contributed by atoms with Gasteiger partial charge in [-0.15, -0.1) is 26.8 Å². The van der Waals surface area contributed by atoms with Crippen LogP contribution >= 0.6 is 11.8 Å². The van der Waals surface area contributed by atoms with Crippen molar-refractivity contribution in [3.05, 3.63) is 41.5 Å². The van der Waals surface area contributed by atoms with Crippen LogP contribution in [0.25, 0.3) is 16.7 Å². The molecular weight excluding hydrogens is 402 g/mol. The molecule has 5 heteroatoms. The quantitative estimate of drug-likeness (QED) is 0.220. The molecule has 2 aromatic carbocycles. The Balaban J connectivity index is 1.64. The van der Waals surface area contributed by atoms with Gasteiger partial charge < -0.3 is 5.11 Å². The van der Waals surface area contributed by atoms with Crippen molar-refractivity contribution >= 4 is 22.8 Å². The Morgan fingerprint density at radius 2 is 1.55 bits per heavy atom. The van der Waals surface area contributed by atoms with Crippen LogP contribution in [-0.2, 0) is 6.42 Å². The Morgan fingerprint density at radius 3 is 2.32 bits per heavy atom. The maximum absolute atomic E-state index is 10.8. The summed E-state index contributed by atoms with van der Waals surface area (Å²) in [5, 5.41) is 20.1. The molecule has 168 valence electrons. The number of phenols is 1. The number of hydrogen-bond donors (Lipinski definition) is 1. The fourth-order valence-electron chi connectivity index (χ4n) is 3.88. The standard InChI is InChI=1S/C26H37N3OS/c1-4-6-8-9-10-11-12-16-31-22-14-15-23-24(19-22)28-29(27-23)25-18-20(3)17-21(26(25)30)13-7-5-2/h14-15,17-19,30H,4-13,16H2,1-3H3. The lowest BCUT2D eigenvalue weighted by Gasteiger charge is -2.10. The van der Waals surface area contributed by atoms with E-state index < -0.39 is 0 Å². The van der Waals surface area contributed by atoms with Crippen LogP contribution in [0.15, 0.2) is 35.2 Å². The molecule has 0 atom stereocenters. The van der Waals surface area contributed by atoms with Crippen LogP contribution in [0, 0.1) is 6.92 Å². The van der Waals surface area contributed by atoms with Crippen LogP contribution in [-0.4, -0.2) is 25.9 Å². The molecule has 1 N–H and O–H groups in total. The van der Waals surface area contributed by atoms with Gasteiger partial charge in [0.25, 0.3) is 0 Å². The number of hydrogen-bond acceptors (Lipinski definition) is 4. The molecule has 0 aliphatic rings. The third-order valence-electron chi connectivity index (χ3n) is 5.70. The molecule has 31 heavy (non-hydrogen) atoms. The topological polar surface area (TPSA) is 50.9 Å². The molecule has 3 rings (SSSR count). The highest BCUT2D eigenvalue weighted by Gasteiger charge is 2.14. The highest BCUT2D eigenvalue weighted by Crippen LogP contribution is 2.30. The smallest absolute Gasteiger partial charge is 0.146 e. The normalized spacial score (nSPS) is 11.5. The van der Waals surface area contributed by atoms with Crippen molar-refractivity contribution in [2.75, 3.05) is 5.75 Å². The number of aromatic nitrogens is 3. The fraction of sp³-hybridized carbons (Fsp3) is 0.538. The minimum atomic E-state index is 0.299. The largest absolute Gasteiger partial charge is 0.505 e. The van der Waals surface area contributed by atoms with Crippen LogP contribution < -0.4 is 0 Å². The number of aromatic hydroxyl groups is 1. The first-order valence-electron chi connectivity index (χ1n) is 11.9. The molecule has 0 bridgehead atoms. The van der Waals surface area contributed by atoms with Crippen LogP contribution in [0.3, 0.4) is 0 Å². The van der Waals surface area contributed by atoms with Gasteiger partial charge in [-0.2, -0.15) is 0 Å². The van der Waals surface area contributed by atoms with Gasteiger partial charge in [-0.05, 0) is 67.3 Å². The lowest BCUT2D eigenvalue weighted by Crippen LogP contribution is -2.02. The third kappa shape index (κ3) is 6.73. The van der Waals surface area contributed by atoms with Crippen molar-refractivity contribution in [1.29, 1.82) is 0 Å². The van der Waals surface area contributed by atoms with Gasteiger partial charge in [0, 0.05) is 4.90 Å². The summed E-state index contributed by atoms with van der Waals surface area (Å²) in [7, 11) is 0. The predicted molar refractivity (Wildman–Crippen MR) is 133 cm³/mol. The van der Waals surface area contributed by atoms with Crippen LogP contribution in [0.5, 0.6) is 5.75 Å². The molecule has 0 fully saturated rings. The summed E-state index contributed by atoms with van der Waals surface area (Å²) < 4.78 is 0. The molecule has 0 spiro atoms. The van der Waals surface area contributed by atoms with Crippen LogP contribution in [0.4, 0.5) is 0 Å². The minimum absolute atomic E-state index is 0.299. The number of aryl methyl sites for hydroxylation is 2. The average Bonchev–Trinajstić information content (AvgIpc) is 3.19. The second kappa shape index (κ2) is 12.1. The number of fused-ring (bicyclic) bond motifs is 1. The number of nitrogens with zero attached hydrogens (tertiary/aromatic N) is 3. The summed E-state index contributed by atoms with van der Waals surface area (Å²) in [6.07, 6.45) is 12.4. The van der Waals surface area contributed by atoms with Gasteiger partial charge in [-0.1, -0.05) is 64.9 Å². The van der Waals surface area contributed by atoms with Crippen molar-refractivity contribution < 1.29 is 5.11 Å². The first kappa shape index (κ1) is 23.6. The first-order valence-corrected chi connectivity index (χ1v) is 12.9. The first-order chi connectivity index (χ1) is 15.1. The average molecular weight is 440 g/mol. The number of phenolic OH excluding ortho intramolecular Hbond substituents is 1. The van der Waals surface area contributed by atoms with E-state index in [2.05, 4.69) is 49.2 Å². The summed E-state index contributed by atoms with van der Waals surface area (Å²) in [4.78, 5) is 2.83. The molecule has 1 heterocycles. The van der Waals surface area contributed by atoms with E-state index in [-0.39, 0.29) is 0 Å². The van der Waals surface area contributed by atoms with Gasteiger partial charge in [-0.3, -0.25) is 0 Å². The van der Waals surface area contributed by atoms with E-state index in [0.29, 0.717) is 11.4 Å². The monoisotopic (exact) mass is 439 g/mol. The molecule has 0 aliphatic carbocycles. The highest BCUT2D eigenvalue weighted by atomic mass is 32.2. The lowest BCUT2D eigenvalue weighted by atomic mass is 10.0. The zero-order valence-electron chi connectivity index (χ0n) is 19.4. The molecule has 3 aromatic rings. The van der Waals surface area contributed by atoms with Crippen LogP contribution in [0.2, 0.25) is 0 Å². The fourth-order valence-corrected chi connectivity index (χ4v) is 4.83. The number of thioether (sulfide) groups is 1. The molecule has 0 saturated heterocycles. The van der Waals surface area contributed by atoms with Gasteiger partial charge in [0.15, 0.2) is 0 Å². The maximum atomic E-state index is 10.8. The summed E-state index contributed by atoms with van der Waals surface area (Å²) in [5.74, 6) is 1.44. The van der Waals surface area contributed by atoms with Crippen molar-refractivity contribution in [2.45, 2.75) is 89.9 Å². The zero-order chi connectivity index (χ0) is 22.1. The van der Waals surface area contributed by atoms with Crippen molar-refractivity contribution in [3.8, 4) is 11.4 Å². The second-order valence-corrected chi connectivity index (χ2v) is 9.67. The summed E-state index contributed by atoms with van der Waals surface area (Å²) in [6, 6.07) is 10.3. The van der Waals surface area contributed by atoms with Gasteiger partial charge in [0.2, 0.25) is 0 Å². The molecule has 1 aromatic heterocycles. The Bertz CT molecular complexity index is 967. The SMILES string of the molecule is CCCCCCCCCSc1ccc2nn(-c3cc(C)cc(CCCC)c3O)nc2c1. The Labute approximate surface area is 191 Å². The molecule has 0 amide bonds. The number of rotatable bonds is 13. The van der Waals surface area contributed by atoms with Gasteiger partial charge in [0.05, 0.1) is 0 Å². The van der Waals surface area contributed by atoms with E-state index in [1.807, 2.05) is 23.9 Å². The molecule has 0 saturated carbocycles. The summed E-state index contributed by atoms with van der Waals surface area (Å²) in [5.41, 5.74) is 4.49. The van der Waals surface area contributed by atoms with Gasteiger partial charge in [-0.25, -0.2) is 0 Å². The Morgan fingerprint density at radius 1 is 0.839 bits per heavy atom. The molecule has 0 unspecified atom stereocenters.